The molecule has 0 saturated carbocycles. The van der Waals surface area contributed by atoms with Gasteiger partial charge in [0.2, 0.25) is 0 Å². The predicted octanol–water partition coefficient (Wildman–Crippen LogP) is -0.151. The second-order valence-electron chi connectivity index (χ2n) is 2.60. The molecule has 1 rings (SSSR count). The molecule has 0 aliphatic carbocycles. The lowest BCUT2D eigenvalue weighted by molar-refractivity contribution is -0.131. The van der Waals surface area contributed by atoms with Crippen LogP contribution in [0, 0.1) is 0 Å². The van der Waals surface area contributed by atoms with Crippen molar-refractivity contribution in [3.8, 4) is 11.5 Å². The molecule has 16 heavy (non-hydrogen) atoms. The fraction of sp³-hybridized carbons (Fsp3) is 0.100. The summed E-state index contributed by atoms with van der Waals surface area (Å²) in [5.74, 6) is -0.672. The average molecular weight is 230 g/mol. The summed E-state index contributed by atoms with van der Waals surface area (Å²) in [5, 5.41) is 17.6. The zero-order valence-electron chi connectivity index (χ0n) is 8.60. The largest absolute Gasteiger partial charge is 0.504 e. The van der Waals surface area contributed by atoms with E-state index in [2.05, 4.69) is 0 Å². The monoisotopic (exact) mass is 230 g/mol. The molecule has 0 bridgehead atoms. The number of carbonyl (C=O) groups is 1. The minimum absolute atomic E-state index is 0. The summed E-state index contributed by atoms with van der Waals surface area (Å²) in [6.45, 7) is 0. The highest BCUT2D eigenvalue weighted by molar-refractivity contribution is 5.85. The third-order valence-electron chi connectivity index (χ3n) is 1.62. The molecule has 0 aromatic heterocycles. The van der Waals surface area contributed by atoms with Crippen LogP contribution in [0.3, 0.4) is 0 Å². The first-order valence-electron chi connectivity index (χ1n) is 3.91. The molecule has 6 nitrogen and oxygen atoms in total. The van der Waals surface area contributed by atoms with Crippen molar-refractivity contribution in [1.82, 2.24) is 0 Å². The maximum atomic E-state index is 10.2. The zero-order valence-corrected chi connectivity index (χ0v) is 8.60. The third-order valence-corrected chi connectivity index (χ3v) is 1.62. The van der Waals surface area contributed by atoms with E-state index in [-0.39, 0.29) is 16.7 Å². The normalized spacial score (nSPS) is 9.06. The molecule has 90 valence electrons. The van der Waals surface area contributed by atoms with Crippen LogP contribution in [0.2, 0.25) is 0 Å². The van der Waals surface area contributed by atoms with Gasteiger partial charge in [0.15, 0.2) is 11.5 Å². The molecule has 0 aliphatic heterocycles. The number of phenols is 1. The van der Waals surface area contributed by atoms with Crippen LogP contribution in [0.5, 0.6) is 11.5 Å². The van der Waals surface area contributed by atoms with E-state index in [0.29, 0.717) is 11.3 Å². The maximum Gasteiger partial charge on any atom is 0.328 e. The number of ether oxygens (including phenoxy) is 1. The molecule has 0 spiro atoms. The number of rotatable bonds is 3. The average Bonchev–Trinajstić information content (AvgIpc) is 2.16. The smallest absolute Gasteiger partial charge is 0.328 e. The molecule has 6 N–H and O–H groups in total. The summed E-state index contributed by atoms with van der Waals surface area (Å²) in [7, 11) is 1.43. The Hall–Kier alpha value is -2.05. The fourth-order valence-corrected chi connectivity index (χ4v) is 0.965. The van der Waals surface area contributed by atoms with Gasteiger partial charge < -0.3 is 25.9 Å². The van der Waals surface area contributed by atoms with Crippen LogP contribution >= 0.6 is 0 Å². The summed E-state index contributed by atoms with van der Waals surface area (Å²) in [6, 6.07) is 4.59. The molecule has 0 fully saturated rings. The summed E-state index contributed by atoms with van der Waals surface area (Å²) >= 11 is 0. The first-order valence-corrected chi connectivity index (χ1v) is 3.91. The van der Waals surface area contributed by atoms with E-state index >= 15 is 0 Å². The van der Waals surface area contributed by atoms with Gasteiger partial charge in [0.25, 0.3) is 0 Å². The Bertz CT molecular complexity index is 372. The molecular weight excluding hydrogens is 216 g/mol. The number of hydrogen-bond acceptors (Lipinski definition) is 3. The van der Waals surface area contributed by atoms with Gasteiger partial charge >= 0.3 is 5.97 Å². The summed E-state index contributed by atoms with van der Waals surface area (Å²) < 4.78 is 4.86. The van der Waals surface area contributed by atoms with Crippen molar-refractivity contribution in [2.75, 3.05) is 7.11 Å². The minimum Gasteiger partial charge on any atom is -0.504 e. The van der Waals surface area contributed by atoms with Gasteiger partial charge in [-0.25, -0.2) is 4.79 Å². The molecular formula is C10H14O6. The Labute approximate surface area is 92.0 Å². The van der Waals surface area contributed by atoms with Crippen LogP contribution in [0.1, 0.15) is 5.56 Å². The van der Waals surface area contributed by atoms with Crippen LogP contribution < -0.4 is 4.74 Å². The maximum absolute atomic E-state index is 10.2. The van der Waals surface area contributed by atoms with Crippen molar-refractivity contribution in [2.45, 2.75) is 0 Å². The van der Waals surface area contributed by atoms with Gasteiger partial charge in [-0.1, -0.05) is 6.07 Å². The molecule has 0 saturated heterocycles. The van der Waals surface area contributed by atoms with E-state index in [4.69, 9.17) is 9.84 Å². The highest BCUT2D eigenvalue weighted by Crippen LogP contribution is 2.26. The Kier molecular flexibility index (Phi) is 7.44. The van der Waals surface area contributed by atoms with E-state index < -0.39 is 5.97 Å². The number of aromatic hydroxyl groups is 1. The number of hydrogen-bond donors (Lipinski definition) is 2. The van der Waals surface area contributed by atoms with Gasteiger partial charge in [0, 0.05) is 6.08 Å². The van der Waals surface area contributed by atoms with Crippen molar-refractivity contribution >= 4 is 12.0 Å². The number of methoxy groups -OCH3 is 1. The van der Waals surface area contributed by atoms with Gasteiger partial charge in [-0.05, 0) is 23.8 Å². The number of phenolic OH excluding ortho intramolecular Hbond substituents is 1. The van der Waals surface area contributed by atoms with E-state index in [0.717, 1.165) is 6.08 Å². The van der Waals surface area contributed by atoms with Crippen molar-refractivity contribution < 1.29 is 30.7 Å². The second-order valence-corrected chi connectivity index (χ2v) is 2.60. The Balaban J connectivity index is 0. The Morgan fingerprint density at radius 1 is 1.38 bits per heavy atom. The zero-order chi connectivity index (χ0) is 10.6. The second kappa shape index (κ2) is 7.27. The van der Waals surface area contributed by atoms with Crippen molar-refractivity contribution in [3.63, 3.8) is 0 Å². The fourth-order valence-electron chi connectivity index (χ4n) is 0.965. The van der Waals surface area contributed by atoms with Gasteiger partial charge in [-0.3, -0.25) is 0 Å². The topological polar surface area (TPSA) is 130 Å². The lowest BCUT2D eigenvalue weighted by Crippen LogP contribution is -1.87. The summed E-state index contributed by atoms with van der Waals surface area (Å²) in [4.78, 5) is 10.2. The minimum atomic E-state index is -1.02. The predicted molar refractivity (Wildman–Crippen MR) is 58.6 cm³/mol. The SMILES string of the molecule is COc1cc(/C=C/C(=O)O)ccc1O.O.O. The van der Waals surface area contributed by atoms with Crippen molar-refractivity contribution in [2.24, 2.45) is 0 Å². The molecule has 0 unspecified atom stereocenters. The molecule has 0 amide bonds. The summed E-state index contributed by atoms with van der Waals surface area (Å²) in [5.41, 5.74) is 0.655. The van der Waals surface area contributed by atoms with E-state index in [1.807, 2.05) is 0 Å². The molecule has 0 atom stereocenters. The molecule has 1 aromatic carbocycles. The van der Waals surface area contributed by atoms with Crippen molar-refractivity contribution in [1.29, 1.82) is 0 Å². The lowest BCUT2D eigenvalue weighted by atomic mass is 10.2. The third kappa shape index (κ3) is 4.45. The standard InChI is InChI=1S/C10H10O4.2H2O/c1-14-9-6-7(2-4-8(9)11)3-5-10(12)13;;/h2-6,11H,1H3,(H,12,13);2*1H2/b5-3+;;. The first kappa shape index (κ1) is 16.4. The van der Waals surface area contributed by atoms with Gasteiger partial charge in [-0.15, -0.1) is 0 Å². The van der Waals surface area contributed by atoms with Crippen LogP contribution in [0.15, 0.2) is 24.3 Å². The van der Waals surface area contributed by atoms with Crippen LogP contribution in [0.4, 0.5) is 0 Å². The van der Waals surface area contributed by atoms with Gasteiger partial charge in [0.05, 0.1) is 7.11 Å². The number of carboxylic acid groups (broad SMARTS) is 1. The Morgan fingerprint density at radius 3 is 2.50 bits per heavy atom. The van der Waals surface area contributed by atoms with Gasteiger partial charge in [0.1, 0.15) is 0 Å². The highest BCUT2D eigenvalue weighted by atomic mass is 16.5. The number of benzene rings is 1. The van der Waals surface area contributed by atoms with E-state index in [9.17, 15) is 9.90 Å². The molecule has 0 radical (unpaired) electrons. The van der Waals surface area contributed by atoms with Gasteiger partial charge in [-0.2, -0.15) is 0 Å². The highest BCUT2D eigenvalue weighted by Gasteiger charge is 2.00. The molecule has 1 aromatic rings. The Morgan fingerprint density at radius 2 is 2.00 bits per heavy atom. The van der Waals surface area contributed by atoms with E-state index in [1.165, 1.54) is 19.3 Å². The molecule has 0 heterocycles. The molecule has 6 heteroatoms. The van der Waals surface area contributed by atoms with Crippen LogP contribution in [0.25, 0.3) is 6.08 Å². The lowest BCUT2D eigenvalue weighted by Gasteiger charge is -2.03. The summed E-state index contributed by atoms with van der Waals surface area (Å²) in [6.07, 6.45) is 2.44. The number of carboxylic acids is 1. The van der Waals surface area contributed by atoms with E-state index in [1.54, 1.807) is 12.1 Å². The quantitative estimate of drug-likeness (QED) is 0.699. The number of aliphatic carboxylic acids is 1. The van der Waals surface area contributed by atoms with Crippen LogP contribution in [-0.4, -0.2) is 34.2 Å². The first-order chi connectivity index (χ1) is 6.63. The van der Waals surface area contributed by atoms with Crippen molar-refractivity contribution in [3.05, 3.63) is 29.8 Å². The van der Waals surface area contributed by atoms with Crippen LogP contribution in [-0.2, 0) is 4.79 Å². The molecule has 0 aliphatic rings.